The number of hydrogen-bond donors (Lipinski definition) is 1. The minimum Gasteiger partial charge on any atom is -0.497 e. The Labute approximate surface area is 125 Å². The molecule has 1 aliphatic heterocycles. The predicted molar refractivity (Wildman–Crippen MR) is 81.5 cm³/mol. The van der Waals surface area contributed by atoms with Crippen molar-refractivity contribution in [3.05, 3.63) is 23.8 Å². The zero-order valence-corrected chi connectivity index (χ0v) is 13.0. The van der Waals surface area contributed by atoms with Crippen LogP contribution in [0.1, 0.15) is 32.3 Å². The number of aryl methyl sites for hydroxylation is 1. The summed E-state index contributed by atoms with van der Waals surface area (Å²) in [4.78, 5) is 26.4. The summed E-state index contributed by atoms with van der Waals surface area (Å²) in [5, 5.41) is 2.84. The molecule has 114 valence electrons. The van der Waals surface area contributed by atoms with Gasteiger partial charge in [-0.05, 0) is 44.0 Å². The Morgan fingerprint density at radius 2 is 2.10 bits per heavy atom. The molecule has 0 radical (unpaired) electrons. The number of methoxy groups -OCH3 is 1. The van der Waals surface area contributed by atoms with E-state index in [1.807, 2.05) is 32.0 Å². The molecule has 1 aromatic carbocycles. The van der Waals surface area contributed by atoms with E-state index >= 15 is 0 Å². The Bertz CT molecular complexity index is 571. The number of ether oxygens (including phenoxy) is 1. The average Bonchev–Trinajstić information content (AvgIpc) is 2.58. The molecule has 1 aliphatic rings. The molecule has 0 saturated carbocycles. The third-order valence-corrected chi connectivity index (χ3v) is 4.10. The van der Waals surface area contributed by atoms with Gasteiger partial charge < -0.3 is 15.0 Å². The van der Waals surface area contributed by atoms with Crippen molar-refractivity contribution >= 4 is 17.5 Å². The maximum atomic E-state index is 12.8. The van der Waals surface area contributed by atoms with Crippen LogP contribution >= 0.6 is 0 Å². The fourth-order valence-electron chi connectivity index (χ4n) is 2.56. The molecule has 1 fully saturated rings. The van der Waals surface area contributed by atoms with Gasteiger partial charge in [0, 0.05) is 18.7 Å². The first-order valence-electron chi connectivity index (χ1n) is 7.19. The molecule has 1 N–H and O–H groups in total. The summed E-state index contributed by atoms with van der Waals surface area (Å²) in [6.07, 6.45) is 0.871. The first-order valence-corrected chi connectivity index (χ1v) is 7.19. The number of carbonyl (C=O) groups is 2. The van der Waals surface area contributed by atoms with E-state index in [1.54, 1.807) is 18.9 Å². The Balaban J connectivity index is 2.42. The van der Waals surface area contributed by atoms with Gasteiger partial charge in [-0.15, -0.1) is 0 Å². The van der Waals surface area contributed by atoms with E-state index in [-0.39, 0.29) is 11.8 Å². The number of nitrogens with zero attached hydrogens (tertiary/aromatic N) is 1. The molecule has 0 aliphatic carbocycles. The SMILES string of the molecule is CCC1(C)NC(=O)CCN(c2ccc(OC)cc2C)C1=O. The van der Waals surface area contributed by atoms with Gasteiger partial charge in [0.2, 0.25) is 5.91 Å². The van der Waals surface area contributed by atoms with Crippen molar-refractivity contribution in [2.45, 2.75) is 39.2 Å². The number of rotatable bonds is 3. The van der Waals surface area contributed by atoms with Crippen LogP contribution in [0.5, 0.6) is 5.75 Å². The van der Waals surface area contributed by atoms with Crippen molar-refractivity contribution in [3.8, 4) is 5.75 Å². The molecule has 2 rings (SSSR count). The van der Waals surface area contributed by atoms with Crippen LogP contribution in [0.4, 0.5) is 5.69 Å². The standard InChI is InChI=1S/C16H22N2O3/c1-5-16(3)15(20)18(9-8-14(19)17-16)13-7-6-12(21-4)10-11(13)2/h6-7,10H,5,8-9H2,1-4H3,(H,17,19). The topological polar surface area (TPSA) is 58.6 Å². The number of anilines is 1. The molecule has 2 amide bonds. The molecule has 0 bridgehead atoms. The molecule has 1 heterocycles. The largest absolute Gasteiger partial charge is 0.497 e. The fraction of sp³-hybridized carbons (Fsp3) is 0.500. The van der Waals surface area contributed by atoms with E-state index in [4.69, 9.17) is 4.74 Å². The lowest BCUT2D eigenvalue weighted by Crippen LogP contribution is -2.54. The van der Waals surface area contributed by atoms with E-state index in [0.717, 1.165) is 17.0 Å². The van der Waals surface area contributed by atoms with Crippen molar-refractivity contribution in [2.75, 3.05) is 18.6 Å². The maximum Gasteiger partial charge on any atom is 0.252 e. The lowest BCUT2D eigenvalue weighted by atomic mass is 9.96. The van der Waals surface area contributed by atoms with Crippen molar-refractivity contribution in [1.29, 1.82) is 0 Å². The molecule has 5 nitrogen and oxygen atoms in total. The first kappa shape index (κ1) is 15.4. The quantitative estimate of drug-likeness (QED) is 0.926. The Hall–Kier alpha value is -2.04. The minimum absolute atomic E-state index is 0.0656. The van der Waals surface area contributed by atoms with Crippen LogP contribution in [0.3, 0.4) is 0 Å². The summed E-state index contributed by atoms with van der Waals surface area (Å²) in [6, 6.07) is 5.60. The van der Waals surface area contributed by atoms with E-state index < -0.39 is 5.54 Å². The van der Waals surface area contributed by atoms with Crippen LogP contribution in [0, 0.1) is 6.92 Å². The first-order chi connectivity index (χ1) is 9.91. The zero-order valence-electron chi connectivity index (χ0n) is 13.0. The second kappa shape index (κ2) is 5.76. The van der Waals surface area contributed by atoms with E-state index in [1.165, 1.54) is 0 Å². The van der Waals surface area contributed by atoms with Gasteiger partial charge in [-0.25, -0.2) is 0 Å². The van der Waals surface area contributed by atoms with Crippen molar-refractivity contribution < 1.29 is 14.3 Å². The third-order valence-electron chi connectivity index (χ3n) is 4.10. The van der Waals surface area contributed by atoms with Gasteiger partial charge in [-0.2, -0.15) is 0 Å². The summed E-state index contributed by atoms with van der Waals surface area (Å²) in [5.74, 6) is 0.608. The molecular weight excluding hydrogens is 268 g/mol. The van der Waals surface area contributed by atoms with E-state index in [0.29, 0.717) is 19.4 Å². The predicted octanol–water partition coefficient (Wildman–Crippen LogP) is 2.03. The van der Waals surface area contributed by atoms with Crippen LogP contribution in [-0.2, 0) is 9.59 Å². The maximum absolute atomic E-state index is 12.8. The van der Waals surface area contributed by atoms with Crippen LogP contribution in [0.2, 0.25) is 0 Å². The van der Waals surface area contributed by atoms with Gasteiger partial charge in [0.15, 0.2) is 0 Å². The molecule has 0 spiro atoms. The molecule has 5 heteroatoms. The van der Waals surface area contributed by atoms with Gasteiger partial charge in [-0.3, -0.25) is 9.59 Å². The molecule has 1 saturated heterocycles. The Morgan fingerprint density at radius 1 is 1.38 bits per heavy atom. The van der Waals surface area contributed by atoms with Crippen molar-refractivity contribution in [3.63, 3.8) is 0 Å². The summed E-state index contributed by atoms with van der Waals surface area (Å²) >= 11 is 0. The van der Waals surface area contributed by atoms with Crippen LogP contribution in [0.15, 0.2) is 18.2 Å². The Kier molecular flexibility index (Phi) is 4.21. The van der Waals surface area contributed by atoms with Gasteiger partial charge in [0.1, 0.15) is 11.3 Å². The molecule has 0 aromatic heterocycles. The van der Waals surface area contributed by atoms with Gasteiger partial charge in [-0.1, -0.05) is 6.92 Å². The summed E-state index contributed by atoms with van der Waals surface area (Å²) in [7, 11) is 1.61. The van der Waals surface area contributed by atoms with Crippen LogP contribution < -0.4 is 15.0 Å². The molecule has 1 unspecified atom stereocenters. The summed E-state index contributed by atoms with van der Waals surface area (Å²) < 4.78 is 5.20. The lowest BCUT2D eigenvalue weighted by Gasteiger charge is -2.32. The molecule has 1 atom stereocenters. The second-order valence-electron chi connectivity index (χ2n) is 5.59. The van der Waals surface area contributed by atoms with E-state index in [9.17, 15) is 9.59 Å². The molecular formula is C16H22N2O3. The smallest absolute Gasteiger partial charge is 0.252 e. The highest BCUT2D eigenvalue weighted by atomic mass is 16.5. The molecule has 1 aromatic rings. The second-order valence-corrected chi connectivity index (χ2v) is 5.59. The number of amides is 2. The molecule has 21 heavy (non-hydrogen) atoms. The summed E-state index contributed by atoms with van der Waals surface area (Å²) in [6.45, 7) is 6.02. The lowest BCUT2D eigenvalue weighted by molar-refractivity contribution is -0.129. The monoisotopic (exact) mass is 290 g/mol. The van der Waals surface area contributed by atoms with Gasteiger partial charge in [0.05, 0.1) is 7.11 Å². The number of benzene rings is 1. The third kappa shape index (κ3) is 2.86. The van der Waals surface area contributed by atoms with Crippen LogP contribution in [0.25, 0.3) is 0 Å². The van der Waals surface area contributed by atoms with Crippen LogP contribution in [-0.4, -0.2) is 31.0 Å². The van der Waals surface area contributed by atoms with E-state index in [2.05, 4.69) is 5.32 Å². The normalized spacial score (nSPS) is 22.8. The number of nitrogens with one attached hydrogen (secondary N) is 1. The summed E-state index contributed by atoms with van der Waals surface area (Å²) in [5.41, 5.74) is 0.937. The highest BCUT2D eigenvalue weighted by molar-refractivity contribution is 6.04. The average molecular weight is 290 g/mol. The highest BCUT2D eigenvalue weighted by Crippen LogP contribution is 2.29. The Morgan fingerprint density at radius 3 is 2.67 bits per heavy atom. The van der Waals surface area contributed by atoms with Crippen molar-refractivity contribution in [2.24, 2.45) is 0 Å². The number of hydrogen-bond acceptors (Lipinski definition) is 3. The van der Waals surface area contributed by atoms with Crippen molar-refractivity contribution in [1.82, 2.24) is 5.32 Å². The van der Waals surface area contributed by atoms with Gasteiger partial charge >= 0.3 is 0 Å². The zero-order chi connectivity index (χ0) is 15.6. The highest BCUT2D eigenvalue weighted by Gasteiger charge is 2.39. The minimum atomic E-state index is -0.847. The fourth-order valence-corrected chi connectivity index (χ4v) is 2.56. The number of carbonyl (C=O) groups excluding carboxylic acids is 2. The van der Waals surface area contributed by atoms with Gasteiger partial charge in [0.25, 0.3) is 5.91 Å².